The smallest absolute Gasteiger partial charge is 0.299 e. The first-order chi connectivity index (χ1) is 13.1. The number of nitrogens with zero attached hydrogens (tertiary/aromatic N) is 2. The minimum Gasteiger partial charge on any atom is -0.507 e. The molecule has 1 aromatic heterocycles. The van der Waals surface area contributed by atoms with Crippen LogP contribution < -0.4 is 21.8 Å². The number of hydrogen-bond donors (Lipinski definition) is 4. The van der Waals surface area contributed by atoms with E-state index in [9.17, 15) is 39.6 Å². The molecule has 1 aliphatic heterocycles. The average Bonchev–Trinajstić information content (AvgIpc) is 3.02. The van der Waals surface area contributed by atoms with Crippen molar-refractivity contribution in [1.82, 2.24) is 9.13 Å². The second kappa shape index (κ2) is 5.22. The summed E-state index contributed by atoms with van der Waals surface area (Å²) in [5.41, 5.74) is -6.81. The predicted molar refractivity (Wildman–Crippen MR) is 98.1 cm³/mol. The Morgan fingerprint density at radius 1 is 0.714 bits per heavy atom. The van der Waals surface area contributed by atoms with E-state index < -0.39 is 67.4 Å². The molecular weight excluding hydrogens is 372 g/mol. The van der Waals surface area contributed by atoms with Gasteiger partial charge in [0.05, 0.1) is 22.0 Å². The van der Waals surface area contributed by atoms with Crippen molar-refractivity contribution in [3.8, 4) is 45.5 Å². The molecule has 0 spiro atoms. The number of rotatable bonds is 1. The van der Waals surface area contributed by atoms with Gasteiger partial charge in [-0.05, 0) is 12.1 Å². The van der Waals surface area contributed by atoms with Gasteiger partial charge in [0.1, 0.15) is 11.4 Å². The van der Waals surface area contributed by atoms with Crippen LogP contribution in [0.25, 0.3) is 33.3 Å². The zero-order chi connectivity index (χ0) is 20.7. The van der Waals surface area contributed by atoms with Crippen molar-refractivity contribution >= 4 is 10.9 Å². The van der Waals surface area contributed by atoms with E-state index in [1.807, 2.05) is 0 Å². The Labute approximate surface area is 154 Å². The van der Waals surface area contributed by atoms with Crippen LogP contribution in [0.1, 0.15) is 0 Å². The van der Waals surface area contributed by atoms with Crippen molar-refractivity contribution in [1.29, 1.82) is 0 Å². The summed E-state index contributed by atoms with van der Waals surface area (Å²) in [6, 6.07) is 2.49. The molecule has 0 amide bonds. The van der Waals surface area contributed by atoms with Crippen LogP contribution in [0, 0.1) is 0 Å². The van der Waals surface area contributed by atoms with Crippen LogP contribution >= 0.6 is 0 Å². The van der Waals surface area contributed by atoms with Crippen molar-refractivity contribution in [3.05, 3.63) is 53.2 Å². The Bertz CT molecular complexity index is 1500. The van der Waals surface area contributed by atoms with Gasteiger partial charge in [-0.2, -0.15) is 0 Å². The molecule has 0 saturated carbocycles. The molecule has 0 fully saturated rings. The van der Waals surface area contributed by atoms with Gasteiger partial charge in [-0.1, -0.05) is 0 Å². The second-order valence-corrected chi connectivity index (χ2v) is 6.38. The average molecular weight is 384 g/mol. The molecule has 142 valence electrons. The fourth-order valence-corrected chi connectivity index (χ4v) is 3.56. The zero-order valence-corrected chi connectivity index (χ0v) is 14.5. The molecule has 0 saturated heterocycles. The molecular formula is C18H12N2O8. The maximum Gasteiger partial charge on any atom is 0.299 e. The molecule has 2 heterocycles. The van der Waals surface area contributed by atoms with Crippen LogP contribution in [-0.4, -0.2) is 29.6 Å². The van der Waals surface area contributed by atoms with Crippen molar-refractivity contribution in [2.45, 2.75) is 0 Å². The zero-order valence-electron chi connectivity index (χ0n) is 14.5. The fourth-order valence-electron chi connectivity index (χ4n) is 3.56. The lowest BCUT2D eigenvalue weighted by atomic mass is 9.92. The number of phenolic OH excluding ortho intramolecular Hbond substituents is 2. The van der Waals surface area contributed by atoms with Crippen molar-refractivity contribution < 1.29 is 20.4 Å². The third kappa shape index (κ3) is 1.80. The largest absolute Gasteiger partial charge is 0.507 e. The Morgan fingerprint density at radius 3 is 2.00 bits per heavy atom. The molecule has 1 aromatic carbocycles. The van der Waals surface area contributed by atoms with Gasteiger partial charge in [0.15, 0.2) is 11.5 Å². The summed E-state index contributed by atoms with van der Waals surface area (Å²) in [5.74, 6) is -2.90. The minimum absolute atomic E-state index is 0.182. The molecule has 1 aliphatic carbocycles. The van der Waals surface area contributed by atoms with Gasteiger partial charge in [-0.3, -0.25) is 19.2 Å². The summed E-state index contributed by atoms with van der Waals surface area (Å²) >= 11 is 0. The molecule has 0 bridgehead atoms. The summed E-state index contributed by atoms with van der Waals surface area (Å²) in [7, 11) is 2.55. The second-order valence-electron chi connectivity index (χ2n) is 6.38. The lowest BCUT2D eigenvalue weighted by Gasteiger charge is -2.12. The SMILES string of the molecule is Cn1c2c(O)c(=O)c(=O)c(-c3c(O)ccc4c3c(O)c(O)n4C)c-2c(=O)c1=O. The lowest BCUT2D eigenvalue weighted by Crippen LogP contribution is -2.28. The summed E-state index contributed by atoms with van der Waals surface area (Å²) in [5, 5.41) is 40.6. The van der Waals surface area contributed by atoms with E-state index in [1.54, 1.807) is 0 Å². The number of hydrogen-bond acceptors (Lipinski definition) is 8. The molecule has 2 aliphatic rings. The summed E-state index contributed by atoms with van der Waals surface area (Å²) in [4.78, 5) is 49.5. The number of phenols is 2. The lowest BCUT2D eigenvalue weighted by molar-refractivity contribution is 0.383. The van der Waals surface area contributed by atoms with Gasteiger partial charge in [-0.25, -0.2) is 0 Å². The first-order valence-electron chi connectivity index (χ1n) is 7.91. The van der Waals surface area contributed by atoms with Gasteiger partial charge in [0.2, 0.25) is 11.3 Å². The highest BCUT2D eigenvalue weighted by atomic mass is 16.3. The third-order valence-corrected chi connectivity index (χ3v) is 4.96. The van der Waals surface area contributed by atoms with Crippen LogP contribution in [0.5, 0.6) is 23.1 Å². The normalized spacial score (nSPS) is 11.6. The number of fused-ring (bicyclic) bond motifs is 2. The molecule has 0 radical (unpaired) electrons. The molecule has 4 rings (SSSR count). The van der Waals surface area contributed by atoms with Crippen molar-refractivity contribution in [2.24, 2.45) is 14.1 Å². The van der Waals surface area contributed by atoms with Crippen molar-refractivity contribution in [3.63, 3.8) is 0 Å². The molecule has 10 nitrogen and oxygen atoms in total. The van der Waals surface area contributed by atoms with E-state index in [0.29, 0.717) is 0 Å². The molecule has 10 heteroatoms. The van der Waals surface area contributed by atoms with Crippen LogP contribution in [0.4, 0.5) is 0 Å². The molecule has 4 N–H and O–H groups in total. The van der Waals surface area contributed by atoms with E-state index in [1.165, 1.54) is 13.1 Å². The monoisotopic (exact) mass is 384 g/mol. The van der Waals surface area contributed by atoms with Crippen LogP contribution in [-0.2, 0) is 14.1 Å². The molecule has 28 heavy (non-hydrogen) atoms. The highest BCUT2D eigenvalue weighted by Gasteiger charge is 2.33. The summed E-state index contributed by atoms with van der Waals surface area (Å²) in [6.07, 6.45) is 0. The van der Waals surface area contributed by atoms with E-state index in [0.717, 1.165) is 22.2 Å². The third-order valence-electron chi connectivity index (χ3n) is 4.96. The Morgan fingerprint density at radius 2 is 1.36 bits per heavy atom. The molecule has 0 atom stereocenters. The highest BCUT2D eigenvalue weighted by molar-refractivity contribution is 6.07. The Balaban J connectivity index is 2.39. The standard InChI is InChI=1S/C18H12N2O8/c1-19-5-3-4-6(21)8(7(5)13(23)17(19)27)9-10-11(15(25)16(26)12(9)22)20(2)18(28)14(10)24/h3-4,21,23,25,27H,1-2H3. The highest BCUT2D eigenvalue weighted by Crippen LogP contribution is 2.47. The Kier molecular flexibility index (Phi) is 3.23. The number of benzene rings is 2. The van der Waals surface area contributed by atoms with E-state index in [2.05, 4.69) is 0 Å². The number of aromatic nitrogens is 2. The van der Waals surface area contributed by atoms with Crippen LogP contribution in [0.15, 0.2) is 31.3 Å². The van der Waals surface area contributed by atoms with Gasteiger partial charge >= 0.3 is 0 Å². The minimum atomic E-state index is -1.38. The maximum absolute atomic E-state index is 12.7. The van der Waals surface area contributed by atoms with Gasteiger partial charge < -0.3 is 29.6 Å². The van der Waals surface area contributed by atoms with Gasteiger partial charge in [-0.15, -0.1) is 0 Å². The van der Waals surface area contributed by atoms with E-state index in [-0.39, 0.29) is 10.9 Å². The topological polar surface area (TPSA) is 159 Å². The Hall–Kier alpha value is -4.08. The van der Waals surface area contributed by atoms with Crippen LogP contribution in [0.3, 0.4) is 0 Å². The number of aryl methyl sites for hydroxylation is 1. The maximum atomic E-state index is 12.7. The molecule has 0 unspecified atom stereocenters. The first-order valence-corrected chi connectivity index (χ1v) is 7.91. The van der Waals surface area contributed by atoms with E-state index >= 15 is 0 Å². The van der Waals surface area contributed by atoms with Crippen molar-refractivity contribution in [2.75, 3.05) is 0 Å². The van der Waals surface area contributed by atoms with E-state index in [4.69, 9.17) is 0 Å². The van der Waals surface area contributed by atoms with Gasteiger partial charge in [0, 0.05) is 19.7 Å². The quantitative estimate of drug-likeness (QED) is 0.317. The summed E-state index contributed by atoms with van der Waals surface area (Å²) < 4.78 is 1.90. The van der Waals surface area contributed by atoms with Gasteiger partial charge in [0.25, 0.3) is 16.4 Å². The molecule has 2 aromatic rings. The van der Waals surface area contributed by atoms with Crippen LogP contribution in [0.2, 0.25) is 0 Å². The predicted octanol–water partition coefficient (Wildman–Crippen LogP) is -0.573. The fraction of sp³-hybridized carbons (Fsp3) is 0.111. The first kappa shape index (κ1) is 17.3. The number of aromatic hydroxyl groups is 4. The summed E-state index contributed by atoms with van der Waals surface area (Å²) in [6.45, 7) is 0.